The Labute approximate surface area is 113 Å². The maximum atomic E-state index is 9.81. The zero-order valence-corrected chi connectivity index (χ0v) is 13.8. The Kier molecular flexibility index (Phi) is 5.84. The number of ether oxygens (including phenoxy) is 1. The summed E-state index contributed by atoms with van der Waals surface area (Å²) in [5, 5.41) is 9.81. The highest BCUT2D eigenvalue weighted by Crippen LogP contribution is 2.42. The molecule has 1 N–H and O–H groups in total. The normalized spacial score (nSPS) is 25.7. The van der Waals surface area contributed by atoms with Gasteiger partial charge in [-0.3, -0.25) is 0 Å². The van der Waals surface area contributed by atoms with Crippen molar-refractivity contribution in [2.45, 2.75) is 76.8 Å². The van der Waals surface area contributed by atoms with Crippen LogP contribution in [0.5, 0.6) is 0 Å². The third-order valence-electron chi connectivity index (χ3n) is 4.38. The summed E-state index contributed by atoms with van der Waals surface area (Å²) in [4.78, 5) is 0. The van der Waals surface area contributed by atoms with Crippen molar-refractivity contribution in [3.05, 3.63) is 0 Å². The maximum absolute atomic E-state index is 9.81. The molecule has 1 fully saturated rings. The van der Waals surface area contributed by atoms with E-state index in [1.807, 2.05) is 0 Å². The summed E-state index contributed by atoms with van der Waals surface area (Å²) < 4.78 is 12.0. The molecular weight excluding hydrogens is 244 g/mol. The predicted octanol–water partition coefficient (Wildman–Crippen LogP) is 3.33. The third kappa shape index (κ3) is 3.16. The van der Waals surface area contributed by atoms with Gasteiger partial charge in [-0.2, -0.15) is 0 Å². The smallest absolute Gasteiger partial charge is 0.200 e. The minimum absolute atomic E-state index is 0.117. The van der Waals surface area contributed by atoms with Crippen molar-refractivity contribution in [3.63, 3.8) is 0 Å². The summed E-state index contributed by atoms with van der Waals surface area (Å²) in [5.41, 5.74) is 1.74. The van der Waals surface area contributed by atoms with Gasteiger partial charge in [0.2, 0.25) is 0 Å². The Hall–Kier alpha value is 0.0969. The van der Waals surface area contributed by atoms with Crippen molar-refractivity contribution >= 4 is 8.32 Å². The molecule has 0 aromatic heterocycles. The van der Waals surface area contributed by atoms with Gasteiger partial charge >= 0.3 is 0 Å². The molecule has 0 unspecified atom stereocenters. The van der Waals surface area contributed by atoms with Gasteiger partial charge < -0.3 is 14.3 Å². The van der Waals surface area contributed by atoms with Crippen LogP contribution in [-0.4, -0.2) is 38.8 Å². The molecule has 3 nitrogen and oxygen atoms in total. The van der Waals surface area contributed by atoms with E-state index in [0.717, 1.165) is 6.42 Å². The minimum Gasteiger partial charge on any atom is -0.413 e. The highest BCUT2D eigenvalue weighted by molar-refractivity contribution is 6.77. The first-order valence-electron chi connectivity index (χ1n) is 7.26. The second-order valence-corrected chi connectivity index (χ2v) is 11.9. The molecule has 0 saturated carbocycles. The quantitative estimate of drug-likeness (QED) is 0.755. The Bertz CT molecular complexity index is 232. The molecule has 0 aromatic rings. The highest BCUT2D eigenvalue weighted by atomic mass is 28.4. The first-order valence-corrected chi connectivity index (χ1v) is 9.40. The first-order chi connectivity index (χ1) is 8.32. The molecule has 0 aromatic carbocycles. The Morgan fingerprint density at radius 2 is 1.61 bits per heavy atom. The summed E-state index contributed by atoms with van der Waals surface area (Å²) >= 11 is 0. The average molecular weight is 274 g/mol. The summed E-state index contributed by atoms with van der Waals surface area (Å²) in [6, 6.07) is 0. The third-order valence-corrected chi connectivity index (χ3v) is 10.5. The first kappa shape index (κ1) is 16.2. The Morgan fingerprint density at radius 1 is 1.11 bits per heavy atom. The lowest BCUT2D eigenvalue weighted by molar-refractivity contribution is 0.00643. The van der Waals surface area contributed by atoms with Crippen molar-refractivity contribution < 1.29 is 14.3 Å². The van der Waals surface area contributed by atoms with E-state index in [-0.39, 0.29) is 12.2 Å². The van der Waals surface area contributed by atoms with Crippen LogP contribution >= 0.6 is 0 Å². The zero-order valence-electron chi connectivity index (χ0n) is 12.8. The van der Waals surface area contributed by atoms with Crippen LogP contribution in [0, 0.1) is 0 Å². The lowest BCUT2D eigenvalue weighted by Crippen LogP contribution is -2.49. The fourth-order valence-electron chi connectivity index (χ4n) is 3.52. The molecule has 4 heteroatoms. The van der Waals surface area contributed by atoms with Gasteiger partial charge in [0.05, 0.1) is 12.7 Å². The van der Waals surface area contributed by atoms with Crippen LogP contribution in [0.15, 0.2) is 0 Å². The van der Waals surface area contributed by atoms with Crippen molar-refractivity contribution in [3.8, 4) is 0 Å². The molecule has 0 aliphatic carbocycles. The summed E-state index contributed by atoms with van der Waals surface area (Å²) in [6.07, 6.45) is 0.282. The molecule has 1 rings (SSSR count). The molecule has 108 valence electrons. The van der Waals surface area contributed by atoms with Gasteiger partial charge in [0.15, 0.2) is 8.32 Å². The fraction of sp³-hybridized carbons (Fsp3) is 1.00. The molecule has 1 saturated heterocycles. The van der Waals surface area contributed by atoms with Crippen LogP contribution in [0.1, 0.15) is 48.0 Å². The minimum atomic E-state index is -1.82. The van der Waals surface area contributed by atoms with Crippen molar-refractivity contribution in [1.82, 2.24) is 0 Å². The van der Waals surface area contributed by atoms with Crippen LogP contribution in [0.3, 0.4) is 0 Å². The molecule has 0 bridgehead atoms. The molecular formula is C14H30O3Si. The number of aliphatic hydroxyl groups is 1. The van der Waals surface area contributed by atoms with Crippen LogP contribution in [-0.2, 0) is 9.16 Å². The van der Waals surface area contributed by atoms with Gasteiger partial charge in [-0.15, -0.1) is 0 Å². The topological polar surface area (TPSA) is 38.7 Å². The van der Waals surface area contributed by atoms with E-state index < -0.39 is 8.32 Å². The van der Waals surface area contributed by atoms with Crippen molar-refractivity contribution in [2.75, 3.05) is 13.2 Å². The molecule has 0 spiro atoms. The molecule has 0 amide bonds. The zero-order chi connectivity index (χ0) is 13.9. The molecule has 2 atom stereocenters. The monoisotopic (exact) mass is 274 g/mol. The molecule has 18 heavy (non-hydrogen) atoms. The lowest BCUT2D eigenvalue weighted by atomic mass is 10.2. The van der Waals surface area contributed by atoms with Crippen LogP contribution in [0.25, 0.3) is 0 Å². The maximum Gasteiger partial charge on any atom is 0.200 e. The van der Waals surface area contributed by atoms with E-state index >= 15 is 0 Å². The number of hydrogen-bond acceptors (Lipinski definition) is 3. The van der Waals surface area contributed by atoms with Gasteiger partial charge in [-0.1, -0.05) is 41.5 Å². The molecule has 1 aliphatic rings. The molecule has 1 aliphatic heterocycles. The van der Waals surface area contributed by atoms with Gasteiger partial charge in [-0.25, -0.2) is 0 Å². The summed E-state index contributed by atoms with van der Waals surface area (Å²) in [5.74, 6) is 0. The highest BCUT2D eigenvalue weighted by Gasteiger charge is 2.46. The van der Waals surface area contributed by atoms with Gasteiger partial charge in [0, 0.05) is 6.61 Å². The second kappa shape index (κ2) is 6.50. The predicted molar refractivity (Wildman–Crippen MR) is 77.4 cm³/mol. The van der Waals surface area contributed by atoms with E-state index in [2.05, 4.69) is 41.5 Å². The van der Waals surface area contributed by atoms with E-state index in [1.54, 1.807) is 0 Å². The van der Waals surface area contributed by atoms with Crippen LogP contribution in [0.4, 0.5) is 0 Å². The molecule has 0 radical (unpaired) electrons. The summed E-state index contributed by atoms with van der Waals surface area (Å²) in [7, 11) is -1.82. The van der Waals surface area contributed by atoms with E-state index in [0.29, 0.717) is 29.8 Å². The standard InChI is InChI=1S/C14H30O3Si/c1-10(2)18(11(3)4,12(5)6)17-9-14-13(15)7-8-16-14/h10-15H,7-9H2,1-6H3/t13-,14+/m1/s1. The van der Waals surface area contributed by atoms with E-state index in [9.17, 15) is 5.11 Å². The Morgan fingerprint density at radius 3 is 1.94 bits per heavy atom. The number of aliphatic hydroxyl groups excluding tert-OH is 1. The van der Waals surface area contributed by atoms with E-state index in [4.69, 9.17) is 9.16 Å². The second-order valence-electron chi connectivity index (χ2n) is 6.39. The number of hydrogen-bond donors (Lipinski definition) is 1. The van der Waals surface area contributed by atoms with Crippen LogP contribution < -0.4 is 0 Å². The van der Waals surface area contributed by atoms with E-state index in [1.165, 1.54) is 0 Å². The van der Waals surface area contributed by atoms with Crippen molar-refractivity contribution in [2.24, 2.45) is 0 Å². The fourth-order valence-corrected chi connectivity index (χ4v) is 8.98. The van der Waals surface area contributed by atoms with Gasteiger partial charge in [0.25, 0.3) is 0 Å². The van der Waals surface area contributed by atoms with Gasteiger partial charge in [-0.05, 0) is 23.0 Å². The largest absolute Gasteiger partial charge is 0.413 e. The van der Waals surface area contributed by atoms with Gasteiger partial charge in [0.1, 0.15) is 6.10 Å². The lowest BCUT2D eigenvalue weighted by Gasteiger charge is -2.42. The summed E-state index contributed by atoms with van der Waals surface area (Å²) in [6.45, 7) is 14.9. The molecule has 1 heterocycles. The average Bonchev–Trinajstić information content (AvgIpc) is 2.63. The Balaban J connectivity index is 2.72. The van der Waals surface area contributed by atoms with Crippen molar-refractivity contribution in [1.29, 1.82) is 0 Å². The SMILES string of the molecule is CC(C)[Si](OC[C@@H]1OCC[C@H]1O)(C(C)C)C(C)C. The number of rotatable bonds is 6. The van der Waals surface area contributed by atoms with Crippen LogP contribution in [0.2, 0.25) is 16.6 Å².